The van der Waals surface area contributed by atoms with Gasteiger partial charge in [-0.05, 0) is 50.1 Å². The maximum atomic E-state index is 12.5. The Morgan fingerprint density at radius 3 is 2.14 bits per heavy atom. The molecule has 146 valence electrons. The van der Waals surface area contributed by atoms with Gasteiger partial charge in [0, 0.05) is 38.4 Å². The Morgan fingerprint density at radius 2 is 1.46 bits per heavy atom. The standard InChI is InChI=1S/C23H27N3O2/c1-24(15-16-26-22(27)19-10-4-5-11-20(19)23(26)28)17-18-9-3-6-12-21(18)25-13-7-2-8-14-25/h3-6,9-12H,2,7-8,13-17H2,1H3. The lowest BCUT2D eigenvalue weighted by Gasteiger charge is -2.31. The summed E-state index contributed by atoms with van der Waals surface area (Å²) in [6, 6.07) is 15.6. The SMILES string of the molecule is CN(CCN1C(=O)c2ccccc2C1=O)Cc1ccccc1N1CCCCC1. The zero-order valence-electron chi connectivity index (χ0n) is 16.4. The third kappa shape index (κ3) is 3.67. The number of imide groups is 1. The van der Waals surface area contributed by atoms with E-state index >= 15 is 0 Å². The van der Waals surface area contributed by atoms with Crippen molar-refractivity contribution in [1.29, 1.82) is 0 Å². The maximum absolute atomic E-state index is 12.5. The van der Waals surface area contributed by atoms with Crippen molar-refractivity contribution in [2.45, 2.75) is 25.8 Å². The fourth-order valence-corrected chi connectivity index (χ4v) is 4.17. The molecule has 1 fully saturated rings. The number of fused-ring (bicyclic) bond motifs is 1. The van der Waals surface area contributed by atoms with Crippen molar-refractivity contribution in [3.8, 4) is 0 Å². The van der Waals surface area contributed by atoms with Crippen molar-refractivity contribution in [3.05, 3.63) is 65.2 Å². The number of amides is 2. The Labute approximate surface area is 166 Å². The van der Waals surface area contributed by atoms with Crippen LogP contribution in [-0.2, 0) is 6.54 Å². The topological polar surface area (TPSA) is 43.9 Å². The van der Waals surface area contributed by atoms with Crippen molar-refractivity contribution in [2.75, 3.05) is 38.1 Å². The molecule has 0 unspecified atom stereocenters. The fraction of sp³-hybridized carbons (Fsp3) is 0.391. The van der Waals surface area contributed by atoms with Crippen LogP contribution in [0, 0.1) is 0 Å². The number of benzene rings is 2. The molecule has 0 aromatic heterocycles. The van der Waals surface area contributed by atoms with Gasteiger partial charge in [0.2, 0.25) is 0 Å². The number of hydrogen-bond donors (Lipinski definition) is 0. The molecular weight excluding hydrogens is 350 g/mol. The highest BCUT2D eigenvalue weighted by Crippen LogP contribution is 2.25. The number of carbonyl (C=O) groups excluding carboxylic acids is 2. The first kappa shape index (κ1) is 18.7. The molecule has 2 aromatic rings. The Bertz CT molecular complexity index is 839. The molecule has 2 amide bonds. The highest BCUT2D eigenvalue weighted by molar-refractivity contribution is 6.21. The Hall–Kier alpha value is -2.66. The summed E-state index contributed by atoms with van der Waals surface area (Å²) in [4.78, 5) is 31.1. The summed E-state index contributed by atoms with van der Waals surface area (Å²) in [5, 5.41) is 0. The molecule has 4 rings (SSSR count). The summed E-state index contributed by atoms with van der Waals surface area (Å²) in [6.45, 7) is 4.11. The van der Waals surface area contributed by atoms with E-state index in [0.717, 1.165) is 19.6 Å². The molecule has 2 aromatic carbocycles. The third-order valence-corrected chi connectivity index (χ3v) is 5.71. The average molecular weight is 377 g/mol. The van der Waals surface area contributed by atoms with Gasteiger partial charge in [-0.15, -0.1) is 0 Å². The van der Waals surface area contributed by atoms with E-state index in [1.807, 2.05) is 7.05 Å². The van der Waals surface area contributed by atoms with E-state index in [2.05, 4.69) is 34.1 Å². The normalized spacial score (nSPS) is 16.8. The number of rotatable bonds is 6. The predicted octanol–water partition coefficient (Wildman–Crippen LogP) is 3.40. The molecule has 5 nitrogen and oxygen atoms in total. The van der Waals surface area contributed by atoms with Gasteiger partial charge in [0.1, 0.15) is 0 Å². The smallest absolute Gasteiger partial charge is 0.261 e. The number of carbonyl (C=O) groups is 2. The van der Waals surface area contributed by atoms with Crippen LogP contribution in [0.15, 0.2) is 48.5 Å². The molecule has 28 heavy (non-hydrogen) atoms. The van der Waals surface area contributed by atoms with Crippen LogP contribution in [0.5, 0.6) is 0 Å². The first-order chi connectivity index (χ1) is 13.6. The van der Waals surface area contributed by atoms with Crippen molar-refractivity contribution < 1.29 is 9.59 Å². The van der Waals surface area contributed by atoms with Gasteiger partial charge in [0.15, 0.2) is 0 Å². The Balaban J connectivity index is 1.39. The van der Waals surface area contributed by atoms with E-state index in [1.54, 1.807) is 24.3 Å². The number of para-hydroxylation sites is 1. The van der Waals surface area contributed by atoms with Crippen LogP contribution >= 0.6 is 0 Å². The first-order valence-electron chi connectivity index (χ1n) is 10.1. The van der Waals surface area contributed by atoms with E-state index in [0.29, 0.717) is 24.2 Å². The van der Waals surface area contributed by atoms with Crippen molar-refractivity contribution in [3.63, 3.8) is 0 Å². The molecule has 0 spiro atoms. The van der Waals surface area contributed by atoms with Crippen molar-refractivity contribution in [2.24, 2.45) is 0 Å². The third-order valence-electron chi connectivity index (χ3n) is 5.71. The van der Waals surface area contributed by atoms with E-state index < -0.39 is 0 Å². The molecule has 2 aliphatic rings. The minimum atomic E-state index is -0.178. The fourth-order valence-electron chi connectivity index (χ4n) is 4.17. The molecule has 0 radical (unpaired) electrons. The molecule has 1 saturated heterocycles. The first-order valence-corrected chi connectivity index (χ1v) is 10.1. The average Bonchev–Trinajstić information content (AvgIpc) is 2.98. The van der Waals surface area contributed by atoms with Crippen LogP contribution in [0.3, 0.4) is 0 Å². The van der Waals surface area contributed by atoms with Gasteiger partial charge in [-0.2, -0.15) is 0 Å². The predicted molar refractivity (Wildman–Crippen MR) is 111 cm³/mol. The van der Waals surface area contributed by atoms with Gasteiger partial charge in [-0.1, -0.05) is 30.3 Å². The second kappa shape index (κ2) is 8.15. The molecule has 0 aliphatic carbocycles. The van der Waals surface area contributed by atoms with Gasteiger partial charge in [-0.3, -0.25) is 14.5 Å². The lowest BCUT2D eigenvalue weighted by molar-refractivity contribution is 0.0640. The summed E-state index contributed by atoms with van der Waals surface area (Å²) in [7, 11) is 2.05. The maximum Gasteiger partial charge on any atom is 0.261 e. The van der Waals surface area contributed by atoms with Crippen LogP contribution in [0.2, 0.25) is 0 Å². The Kier molecular flexibility index (Phi) is 5.44. The lowest BCUT2D eigenvalue weighted by atomic mass is 10.1. The Morgan fingerprint density at radius 1 is 0.857 bits per heavy atom. The van der Waals surface area contributed by atoms with Crippen molar-refractivity contribution in [1.82, 2.24) is 9.80 Å². The van der Waals surface area contributed by atoms with Gasteiger partial charge >= 0.3 is 0 Å². The summed E-state index contributed by atoms with van der Waals surface area (Å²) < 4.78 is 0. The second-order valence-corrected chi connectivity index (χ2v) is 7.72. The van der Waals surface area contributed by atoms with Crippen LogP contribution in [0.1, 0.15) is 45.5 Å². The molecule has 2 heterocycles. The summed E-state index contributed by atoms with van der Waals surface area (Å²) >= 11 is 0. The summed E-state index contributed by atoms with van der Waals surface area (Å²) in [6.07, 6.45) is 3.83. The molecule has 0 atom stereocenters. The van der Waals surface area contributed by atoms with Gasteiger partial charge < -0.3 is 9.80 Å². The largest absolute Gasteiger partial charge is 0.371 e. The lowest BCUT2D eigenvalue weighted by Crippen LogP contribution is -2.37. The number of nitrogens with zero attached hydrogens (tertiary/aromatic N) is 3. The molecule has 0 bridgehead atoms. The van der Waals surface area contributed by atoms with E-state index in [1.165, 1.54) is 35.4 Å². The highest BCUT2D eigenvalue weighted by Gasteiger charge is 2.34. The van der Waals surface area contributed by atoms with E-state index in [4.69, 9.17) is 0 Å². The minimum absolute atomic E-state index is 0.178. The monoisotopic (exact) mass is 377 g/mol. The van der Waals surface area contributed by atoms with Gasteiger partial charge in [0.25, 0.3) is 11.8 Å². The molecule has 5 heteroatoms. The van der Waals surface area contributed by atoms with Crippen LogP contribution in [0.4, 0.5) is 5.69 Å². The molecular formula is C23H27N3O2. The summed E-state index contributed by atoms with van der Waals surface area (Å²) in [5.74, 6) is -0.356. The zero-order valence-corrected chi connectivity index (χ0v) is 16.4. The minimum Gasteiger partial charge on any atom is -0.371 e. The van der Waals surface area contributed by atoms with Gasteiger partial charge in [0.05, 0.1) is 11.1 Å². The second-order valence-electron chi connectivity index (χ2n) is 7.72. The van der Waals surface area contributed by atoms with Crippen molar-refractivity contribution >= 4 is 17.5 Å². The molecule has 0 N–H and O–H groups in total. The number of likely N-dealkylation sites (N-methyl/N-ethyl adjacent to an activating group) is 1. The highest BCUT2D eigenvalue weighted by atomic mass is 16.2. The molecule has 0 saturated carbocycles. The quantitative estimate of drug-likeness (QED) is 0.724. The van der Waals surface area contributed by atoms with E-state index in [-0.39, 0.29) is 11.8 Å². The van der Waals surface area contributed by atoms with Crippen LogP contribution < -0.4 is 4.90 Å². The van der Waals surface area contributed by atoms with E-state index in [9.17, 15) is 9.59 Å². The zero-order chi connectivity index (χ0) is 19.5. The molecule has 2 aliphatic heterocycles. The van der Waals surface area contributed by atoms with Crippen LogP contribution in [-0.4, -0.2) is 54.8 Å². The van der Waals surface area contributed by atoms with Gasteiger partial charge in [-0.25, -0.2) is 0 Å². The number of anilines is 1. The number of hydrogen-bond acceptors (Lipinski definition) is 4. The number of piperidine rings is 1. The van der Waals surface area contributed by atoms with Crippen LogP contribution in [0.25, 0.3) is 0 Å². The summed E-state index contributed by atoms with van der Waals surface area (Å²) in [5.41, 5.74) is 3.65.